The zero-order chi connectivity index (χ0) is 19.7. The van der Waals surface area contributed by atoms with Gasteiger partial charge in [0.2, 0.25) is 5.91 Å². The number of amides is 2. The number of anilines is 1. The maximum atomic E-state index is 12.3. The highest BCUT2D eigenvalue weighted by atomic mass is 16.5. The summed E-state index contributed by atoms with van der Waals surface area (Å²) < 4.78 is 5.68. The first-order valence-corrected chi connectivity index (χ1v) is 9.90. The molecule has 2 aliphatic rings. The van der Waals surface area contributed by atoms with Crippen molar-refractivity contribution in [2.45, 2.75) is 39.7 Å². The molecule has 2 aromatic carbocycles. The van der Waals surface area contributed by atoms with Crippen LogP contribution in [-0.2, 0) is 22.6 Å². The topological polar surface area (TPSA) is 58.6 Å². The van der Waals surface area contributed by atoms with Crippen molar-refractivity contribution in [2.75, 3.05) is 18.5 Å². The first-order chi connectivity index (χ1) is 13.5. The zero-order valence-electron chi connectivity index (χ0n) is 16.5. The summed E-state index contributed by atoms with van der Waals surface area (Å²) in [6.45, 7) is 5.35. The van der Waals surface area contributed by atoms with Gasteiger partial charge >= 0.3 is 0 Å². The molecule has 0 unspecified atom stereocenters. The van der Waals surface area contributed by atoms with Crippen LogP contribution in [0.5, 0.6) is 5.75 Å². The molecular weight excluding hydrogens is 352 g/mol. The lowest BCUT2D eigenvalue weighted by Crippen LogP contribution is -2.36. The molecule has 4 rings (SSSR count). The molecule has 5 heteroatoms. The Morgan fingerprint density at radius 2 is 1.93 bits per heavy atom. The normalized spacial score (nSPS) is 15.7. The number of benzene rings is 2. The lowest BCUT2D eigenvalue weighted by atomic mass is 9.98. The fourth-order valence-electron chi connectivity index (χ4n) is 3.61. The number of nitrogens with one attached hydrogen (secondary N) is 1. The summed E-state index contributed by atoms with van der Waals surface area (Å²) in [5.74, 6) is 1.06. The van der Waals surface area contributed by atoms with E-state index in [9.17, 15) is 9.59 Å². The van der Waals surface area contributed by atoms with Gasteiger partial charge in [0.05, 0.1) is 0 Å². The van der Waals surface area contributed by atoms with Gasteiger partial charge in [-0.05, 0) is 73.6 Å². The standard InChI is InChI=1S/C23H26N2O3/c1-15-3-4-16(2)21(11-15)28-14-22(26)24-20-8-7-17-9-10-25(13-19(17)12-20)23(27)18-5-6-18/h3-4,7-8,11-12,18H,5-6,9-10,13-14H2,1-2H3,(H,24,26). The van der Waals surface area contributed by atoms with Crippen molar-refractivity contribution in [3.05, 3.63) is 58.7 Å². The lowest BCUT2D eigenvalue weighted by Gasteiger charge is -2.29. The van der Waals surface area contributed by atoms with Gasteiger partial charge in [0.15, 0.2) is 6.61 Å². The van der Waals surface area contributed by atoms with Crippen LogP contribution in [0.3, 0.4) is 0 Å². The Hall–Kier alpha value is -2.82. The van der Waals surface area contributed by atoms with Gasteiger partial charge in [0, 0.05) is 24.7 Å². The number of carbonyl (C=O) groups is 2. The summed E-state index contributed by atoms with van der Waals surface area (Å²) in [6.07, 6.45) is 2.93. The maximum absolute atomic E-state index is 12.3. The highest BCUT2D eigenvalue weighted by molar-refractivity contribution is 5.92. The number of ether oxygens (including phenoxy) is 1. The Labute approximate surface area is 165 Å². The SMILES string of the molecule is Cc1ccc(C)c(OCC(=O)Nc2ccc3c(c2)CN(C(=O)C2CC2)CC3)c1. The lowest BCUT2D eigenvalue weighted by molar-refractivity contribution is -0.133. The predicted octanol–water partition coefficient (Wildman–Crippen LogP) is 3.62. The second-order valence-corrected chi connectivity index (χ2v) is 7.87. The van der Waals surface area contributed by atoms with E-state index in [0.29, 0.717) is 6.54 Å². The molecule has 5 nitrogen and oxygen atoms in total. The minimum absolute atomic E-state index is 0.0341. The number of hydrogen-bond acceptors (Lipinski definition) is 3. The first kappa shape index (κ1) is 18.5. The molecule has 2 amide bonds. The molecule has 0 saturated heterocycles. The van der Waals surface area contributed by atoms with E-state index >= 15 is 0 Å². The van der Waals surface area contributed by atoms with Crippen molar-refractivity contribution in [1.29, 1.82) is 0 Å². The van der Waals surface area contributed by atoms with Crippen molar-refractivity contribution in [2.24, 2.45) is 5.92 Å². The summed E-state index contributed by atoms with van der Waals surface area (Å²) in [7, 11) is 0. The summed E-state index contributed by atoms with van der Waals surface area (Å²) in [4.78, 5) is 26.6. The number of fused-ring (bicyclic) bond motifs is 1. The molecule has 0 spiro atoms. The van der Waals surface area contributed by atoms with E-state index in [1.54, 1.807) is 0 Å². The Morgan fingerprint density at radius 1 is 1.11 bits per heavy atom. The Morgan fingerprint density at radius 3 is 2.71 bits per heavy atom. The zero-order valence-corrected chi connectivity index (χ0v) is 16.5. The van der Waals surface area contributed by atoms with Gasteiger partial charge in [0.1, 0.15) is 5.75 Å². The summed E-state index contributed by atoms with van der Waals surface area (Å²) in [5, 5.41) is 2.91. The largest absolute Gasteiger partial charge is 0.483 e. The van der Waals surface area contributed by atoms with Crippen molar-refractivity contribution in [3.8, 4) is 5.75 Å². The maximum Gasteiger partial charge on any atom is 0.262 e. The second kappa shape index (κ2) is 7.66. The van der Waals surface area contributed by atoms with E-state index < -0.39 is 0 Å². The fourth-order valence-corrected chi connectivity index (χ4v) is 3.61. The van der Waals surface area contributed by atoms with Gasteiger partial charge in [-0.1, -0.05) is 18.2 Å². The van der Waals surface area contributed by atoms with Crippen molar-refractivity contribution < 1.29 is 14.3 Å². The number of rotatable bonds is 5. The predicted molar refractivity (Wildman–Crippen MR) is 108 cm³/mol. The summed E-state index contributed by atoms with van der Waals surface area (Å²) >= 11 is 0. The number of hydrogen-bond donors (Lipinski definition) is 1. The van der Waals surface area contributed by atoms with Crippen LogP contribution in [0.4, 0.5) is 5.69 Å². The minimum Gasteiger partial charge on any atom is -0.483 e. The van der Waals surface area contributed by atoms with Gasteiger partial charge in [-0.25, -0.2) is 0 Å². The van der Waals surface area contributed by atoms with Crippen LogP contribution in [0.15, 0.2) is 36.4 Å². The third kappa shape index (κ3) is 4.19. The highest BCUT2D eigenvalue weighted by Gasteiger charge is 2.34. The van der Waals surface area contributed by atoms with Gasteiger partial charge < -0.3 is 15.0 Å². The monoisotopic (exact) mass is 378 g/mol. The number of aryl methyl sites for hydroxylation is 2. The van der Waals surface area contributed by atoms with Crippen LogP contribution >= 0.6 is 0 Å². The fraction of sp³-hybridized carbons (Fsp3) is 0.391. The van der Waals surface area contributed by atoms with Crippen molar-refractivity contribution >= 4 is 17.5 Å². The molecule has 1 aliphatic heterocycles. The Bertz CT molecular complexity index is 918. The minimum atomic E-state index is -0.192. The smallest absolute Gasteiger partial charge is 0.262 e. The summed E-state index contributed by atoms with van der Waals surface area (Å²) in [5.41, 5.74) is 5.22. The quantitative estimate of drug-likeness (QED) is 0.865. The number of nitrogens with zero attached hydrogens (tertiary/aromatic N) is 1. The molecule has 1 aliphatic carbocycles. The molecule has 0 bridgehead atoms. The molecule has 0 aromatic heterocycles. The molecule has 1 saturated carbocycles. The van der Waals surface area contributed by atoms with E-state index in [1.807, 2.05) is 49.1 Å². The third-order valence-electron chi connectivity index (χ3n) is 5.44. The number of carbonyl (C=O) groups excluding carboxylic acids is 2. The van der Waals surface area contributed by atoms with E-state index in [-0.39, 0.29) is 24.3 Å². The van der Waals surface area contributed by atoms with Crippen LogP contribution < -0.4 is 10.1 Å². The molecule has 1 fully saturated rings. The molecule has 0 atom stereocenters. The second-order valence-electron chi connectivity index (χ2n) is 7.87. The Balaban J connectivity index is 1.37. The van der Waals surface area contributed by atoms with Gasteiger partial charge in [0.25, 0.3) is 5.91 Å². The molecule has 2 aromatic rings. The van der Waals surface area contributed by atoms with E-state index in [2.05, 4.69) is 11.4 Å². The molecular formula is C23H26N2O3. The summed E-state index contributed by atoms with van der Waals surface area (Å²) in [6, 6.07) is 11.9. The Kier molecular flexibility index (Phi) is 5.07. The molecule has 1 heterocycles. The van der Waals surface area contributed by atoms with Crippen LogP contribution in [-0.4, -0.2) is 29.9 Å². The van der Waals surface area contributed by atoms with Crippen molar-refractivity contribution in [3.63, 3.8) is 0 Å². The molecule has 146 valence electrons. The van der Waals surface area contributed by atoms with Crippen LogP contribution in [0.25, 0.3) is 0 Å². The van der Waals surface area contributed by atoms with Crippen molar-refractivity contribution in [1.82, 2.24) is 4.90 Å². The molecule has 1 N–H and O–H groups in total. The van der Waals surface area contributed by atoms with E-state index in [0.717, 1.165) is 53.9 Å². The van der Waals surface area contributed by atoms with E-state index in [4.69, 9.17) is 4.74 Å². The molecule has 0 radical (unpaired) electrons. The van der Waals surface area contributed by atoms with Crippen LogP contribution in [0, 0.1) is 19.8 Å². The van der Waals surface area contributed by atoms with Crippen LogP contribution in [0.1, 0.15) is 35.1 Å². The van der Waals surface area contributed by atoms with Gasteiger partial charge in [-0.2, -0.15) is 0 Å². The average molecular weight is 378 g/mol. The molecule has 28 heavy (non-hydrogen) atoms. The van der Waals surface area contributed by atoms with Crippen LogP contribution in [0.2, 0.25) is 0 Å². The highest BCUT2D eigenvalue weighted by Crippen LogP contribution is 2.33. The first-order valence-electron chi connectivity index (χ1n) is 9.90. The van der Waals surface area contributed by atoms with Gasteiger partial charge in [-0.15, -0.1) is 0 Å². The van der Waals surface area contributed by atoms with Gasteiger partial charge in [-0.3, -0.25) is 9.59 Å². The average Bonchev–Trinajstić information content (AvgIpc) is 3.53. The van der Waals surface area contributed by atoms with E-state index in [1.165, 1.54) is 5.56 Å². The third-order valence-corrected chi connectivity index (χ3v) is 5.44.